The van der Waals surface area contributed by atoms with Gasteiger partial charge in [0.1, 0.15) is 0 Å². The molecule has 0 bridgehead atoms. The average Bonchev–Trinajstić information content (AvgIpc) is 3.63. The molecule has 352 valence electrons. The van der Waals surface area contributed by atoms with Crippen molar-refractivity contribution in [3.05, 3.63) is 161 Å². The maximum atomic E-state index is 13.3. The number of nitrogens with zero attached hydrogens (tertiary/aromatic N) is 2. The maximum Gasteiger partial charge on any atom is 0.264 e. The molecular weight excluding hydrogens is 885 g/mol. The van der Waals surface area contributed by atoms with Gasteiger partial charge >= 0.3 is 0 Å². The third kappa shape index (κ3) is 10.9. The lowest BCUT2D eigenvalue weighted by atomic mass is 9.78. The number of amides is 2. The summed E-state index contributed by atoms with van der Waals surface area (Å²) in [5.74, 6) is -1.24. The summed E-state index contributed by atoms with van der Waals surface area (Å²) in [7, 11) is -8.38. The number of carbonyl (C=O) groups is 2. The molecule has 0 saturated heterocycles. The highest BCUT2D eigenvalue weighted by Crippen LogP contribution is 2.52. The standard InChI is InChI=1S/C53H60N4O8S2/c1-36(2)50(58)54-30-11-31-55-51(59)41-20-18-37(19-21-41)38(24-28-46-52(3,4)48-42-16-9-7-14-39(42)22-26-44(48)56(46)32-12-34-66(60,61)62)25-29-47-53(5,6)49-43-17-10-8-15-40(43)23-27-45(49)57(47)33-13-35-67(63,64)65/h7-10,14-29,46H,1,11-13,30-35H2,2-6H3,(H,54,58)(H,55,59)(H,60,61,62)(H,63,64,65)/b28-24+,38-25-,47-29-. The van der Waals surface area contributed by atoms with Crippen molar-refractivity contribution in [3.63, 3.8) is 0 Å². The van der Waals surface area contributed by atoms with Gasteiger partial charge in [0.25, 0.3) is 26.1 Å². The number of nitrogens with one attached hydrogen (secondary N) is 2. The molecule has 12 nitrogen and oxygen atoms in total. The molecule has 2 amide bonds. The highest BCUT2D eigenvalue weighted by atomic mass is 32.2. The summed E-state index contributed by atoms with van der Waals surface area (Å²) in [6.07, 6.45) is 9.27. The summed E-state index contributed by atoms with van der Waals surface area (Å²) in [6.45, 7) is 15.5. The third-order valence-corrected chi connectivity index (χ3v) is 14.6. The van der Waals surface area contributed by atoms with Crippen molar-refractivity contribution in [1.82, 2.24) is 10.6 Å². The minimum Gasteiger partial charge on any atom is -0.364 e. The second-order valence-electron chi connectivity index (χ2n) is 18.5. The molecule has 7 rings (SSSR count). The summed E-state index contributed by atoms with van der Waals surface area (Å²) < 4.78 is 67.0. The number of carbonyl (C=O) groups excluding carboxylic acids is 2. The van der Waals surface area contributed by atoms with E-state index in [1.807, 2.05) is 42.5 Å². The molecule has 1 atom stereocenters. The summed E-state index contributed by atoms with van der Waals surface area (Å²) in [6, 6.07) is 31.8. The molecule has 5 aromatic rings. The van der Waals surface area contributed by atoms with E-state index in [1.54, 1.807) is 19.1 Å². The van der Waals surface area contributed by atoms with E-state index in [-0.39, 0.29) is 42.2 Å². The lowest BCUT2D eigenvalue weighted by Gasteiger charge is -2.32. The van der Waals surface area contributed by atoms with Crippen LogP contribution in [0, 0.1) is 0 Å². The van der Waals surface area contributed by atoms with Gasteiger partial charge in [-0.05, 0) is 100 Å². The van der Waals surface area contributed by atoms with Crippen LogP contribution in [0.1, 0.15) is 80.9 Å². The first-order valence-corrected chi connectivity index (χ1v) is 25.8. The van der Waals surface area contributed by atoms with Crippen LogP contribution in [0.4, 0.5) is 11.4 Å². The van der Waals surface area contributed by atoms with Gasteiger partial charge in [-0.3, -0.25) is 18.7 Å². The maximum absolute atomic E-state index is 13.3. The van der Waals surface area contributed by atoms with E-state index in [1.165, 1.54) is 0 Å². The molecular formula is C53H60N4O8S2. The van der Waals surface area contributed by atoms with E-state index in [4.69, 9.17) is 0 Å². The lowest BCUT2D eigenvalue weighted by Crippen LogP contribution is -2.41. The second kappa shape index (κ2) is 19.7. The van der Waals surface area contributed by atoms with Crippen molar-refractivity contribution >= 4 is 70.5 Å². The molecule has 0 fully saturated rings. The number of hydrogen-bond donors (Lipinski definition) is 4. The van der Waals surface area contributed by atoms with Crippen molar-refractivity contribution in [2.45, 2.75) is 70.8 Å². The number of rotatable bonds is 18. The van der Waals surface area contributed by atoms with Crippen LogP contribution in [-0.2, 0) is 35.9 Å². The quantitative estimate of drug-likeness (QED) is 0.0287. The Morgan fingerprint density at radius 2 is 1.25 bits per heavy atom. The van der Waals surface area contributed by atoms with Crippen LogP contribution < -0.4 is 20.4 Å². The molecule has 2 aliphatic rings. The predicted octanol–water partition coefficient (Wildman–Crippen LogP) is 9.15. The molecule has 0 aliphatic carbocycles. The summed E-state index contributed by atoms with van der Waals surface area (Å²) in [5.41, 5.74) is 6.67. The minimum atomic E-state index is -4.19. The Balaban J connectivity index is 1.30. The Morgan fingerprint density at radius 3 is 1.87 bits per heavy atom. The highest BCUT2D eigenvalue weighted by molar-refractivity contribution is 7.86. The van der Waals surface area contributed by atoms with Crippen molar-refractivity contribution in [3.8, 4) is 0 Å². The topological polar surface area (TPSA) is 173 Å². The SMILES string of the molecule is C=C(C)C(=O)NCCCNC(=O)c1ccc(C(=C\C=C2/N(CCCS(=O)(=O)O)c3ccc4ccccc4c3C2(C)C)/C=C/C2N(CCCS(=O)(=O)O)c3ccc4ccccc4c3C2(C)C)cc1. The van der Waals surface area contributed by atoms with Crippen LogP contribution in [-0.4, -0.2) is 81.5 Å². The number of allylic oxidation sites excluding steroid dienone is 5. The van der Waals surface area contributed by atoms with Gasteiger partial charge in [0.2, 0.25) is 5.91 Å². The molecule has 14 heteroatoms. The van der Waals surface area contributed by atoms with Gasteiger partial charge in [0.05, 0.1) is 17.5 Å². The van der Waals surface area contributed by atoms with Gasteiger partial charge in [0.15, 0.2) is 0 Å². The van der Waals surface area contributed by atoms with Crippen molar-refractivity contribution < 1.29 is 35.5 Å². The Labute approximate surface area is 394 Å². The van der Waals surface area contributed by atoms with Crippen LogP contribution >= 0.6 is 0 Å². The van der Waals surface area contributed by atoms with E-state index in [0.29, 0.717) is 43.7 Å². The monoisotopic (exact) mass is 944 g/mol. The number of hydrogen-bond acceptors (Lipinski definition) is 8. The van der Waals surface area contributed by atoms with E-state index in [9.17, 15) is 35.5 Å². The van der Waals surface area contributed by atoms with Crippen LogP contribution in [0.15, 0.2) is 139 Å². The van der Waals surface area contributed by atoms with Gasteiger partial charge in [0, 0.05) is 65.2 Å². The van der Waals surface area contributed by atoms with E-state index < -0.39 is 31.1 Å². The van der Waals surface area contributed by atoms with E-state index in [0.717, 1.165) is 60.9 Å². The number of anilines is 2. The summed E-state index contributed by atoms with van der Waals surface area (Å²) in [4.78, 5) is 29.5. The van der Waals surface area contributed by atoms with Crippen LogP contribution in [0.5, 0.6) is 0 Å². The first-order chi connectivity index (χ1) is 31.7. The molecule has 4 N–H and O–H groups in total. The van der Waals surface area contributed by atoms with Gasteiger partial charge in [-0.1, -0.05) is 125 Å². The second-order valence-corrected chi connectivity index (χ2v) is 21.7. The molecule has 2 aliphatic heterocycles. The molecule has 5 aromatic carbocycles. The summed E-state index contributed by atoms with van der Waals surface area (Å²) >= 11 is 0. The van der Waals surface area contributed by atoms with Gasteiger partial charge < -0.3 is 20.4 Å². The number of benzene rings is 5. The van der Waals surface area contributed by atoms with E-state index >= 15 is 0 Å². The van der Waals surface area contributed by atoms with E-state index in [2.05, 4.69) is 121 Å². The molecule has 0 aromatic heterocycles. The first kappa shape index (κ1) is 48.9. The fraction of sp³-hybridized carbons (Fsp3) is 0.321. The third-order valence-electron chi connectivity index (χ3n) is 12.9. The van der Waals surface area contributed by atoms with Crippen molar-refractivity contribution in [2.75, 3.05) is 47.5 Å². The Bertz CT molecular complexity index is 3050. The zero-order valence-electron chi connectivity index (χ0n) is 38.8. The zero-order valence-corrected chi connectivity index (χ0v) is 40.4. The Morgan fingerprint density at radius 1 is 0.701 bits per heavy atom. The van der Waals surface area contributed by atoms with Crippen LogP contribution in [0.3, 0.4) is 0 Å². The number of fused-ring (bicyclic) bond motifs is 6. The van der Waals surface area contributed by atoms with Crippen LogP contribution in [0.2, 0.25) is 0 Å². The minimum absolute atomic E-state index is 0.196. The lowest BCUT2D eigenvalue weighted by molar-refractivity contribution is -0.117. The Kier molecular flexibility index (Phi) is 14.3. The first-order valence-electron chi connectivity index (χ1n) is 22.6. The Hall–Kier alpha value is -6.06. The fourth-order valence-corrected chi connectivity index (χ4v) is 10.7. The van der Waals surface area contributed by atoms with Gasteiger partial charge in [-0.2, -0.15) is 16.8 Å². The highest BCUT2D eigenvalue weighted by Gasteiger charge is 2.44. The molecule has 0 radical (unpaired) electrons. The molecule has 67 heavy (non-hydrogen) atoms. The van der Waals surface area contributed by atoms with Crippen LogP contribution in [0.25, 0.3) is 27.1 Å². The van der Waals surface area contributed by atoms with Gasteiger partial charge in [-0.25, -0.2) is 0 Å². The largest absolute Gasteiger partial charge is 0.364 e. The fourth-order valence-electron chi connectivity index (χ4n) is 9.74. The molecule has 1 unspecified atom stereocenters. The average molecular weight is 945 g/mol. The molecule has 0 saturated carbocycles. The normalized spacial score (nSPS) is 17.3. The predicted molar refractivity (Wildman–Crippen MR) is 271 cm³/mol. The molecule has 0 spiro atoms. The zero-order chi connectivity index (χ0) is 48.3. The summed E-state index contributed by atoms with van der Waals surface area (Å²) in [5, 5.41) is 10.1. The van der Waals surface area contributed by atoms with Crippen molar-refractivity contribution in [1.29, 1.82) is 0 Å². The van der Waals surface area contributed by atoms with Gasteiger partial charge in [-0.15, -0.1) is 0 Å². The molecule has 2 heterocycles. The smallest absolute Gasteiger partial charge is 0.264 e. The van der Waals surface area contributed by atoms with Crippen molar-refractivity contribution in [2.24, 2.45) is 0 Å².